The number of alkyl carbamates (subject to hydrolysis) is 1. The fraction of sp³-hybridized carbons (Fsp3) is 0.958. The van der Waals surface area contributed by atoms with E-state index in [-0.39, 0.29) is 12.6 Å². The Hall–Kier alpha value is -1.38. The molecule has 0 saturated heterocycles. The molecule has 0 heterocycles. The van der Waals surface area contributed by atoms with Crippen molar-refractivity contribution in [2.24, 2.45) is 0 Å². The molecular weight excluding hydrogens is 701 g/mol. The second-order valence-electron chi connectivity index (χ2n) is 17.2. The van der Waals surface area contributed by atoms with E-state index in [9.17, 15) is 9.59 Å². The third kappa shape index (κ3) is 39.4. The van der Waals surface area contributed by atoms with Crippen LogP contribution in [0.1, 0.15) is 253 Å². The van der Waals surface area contributed by atoms with Crippen molar-refractivity contribution in [3.8, 4) is 0 Å². The van der Waals surface area contributed by atoms with Gasteiger partial charge in [0.2, 0.25) is 0 Å². The van der Waals surface area contributed by atoms with Crippen LogP contribution in [0.5, 0.6) is 0 Å². The molecule has 0 aromatic heterocycles. The van der Waals surface area contributed by atoms with Crippen LogP contribution in [-0.2, 0) is 23.8 Å². The lowest BCUT2D eigenvalue weighted by atomic mass is 10.0. The number of rotatable bonds is 44. The monoisotopic (exact) mass is 797 g/mol. The van der Waals surface area contributed by atoms with Gasteiger partial charge in [-0.15, -0.1) is 0 Å². The zero-order chi connectivity index (χ0) is 41.2. The summed E-state index contributed by atoms with van der Waals surface area (Å²) in [4.78, 5) is 30.7. The van der Waals surface area contributed by atoms with Gasteiger partial charge in [-0.1, -0.05) is 200 Å². The summed E-state index contributed by atoms with van der Waals surface area (Å²) in [7, 11) is 1.63. The van der Waals surface area contributed by atoms with Crippen molar-refractivity contribution in [1.82, 2.24) is 10.4 Å². The quantitative estimate of drug-likeness (QED) is 0.0284. The van der Waals surface area contributed by atoms with Crippen LogP contribution in [0.15, 0.2) is 0 Å². The van der Waals surface area contributed by atoms with E-state index in [4.69, 9.17) is 19.0 Å². The number of esters is 1. The zero-order valence-electron chi connectivity index (χ0n) is 38.3. The van der Waals surface area contributed by atoms with Gasteiger partial charge in [0.15, 0.2) is 0 Å². The lowest BCUT2D eigenvalue weighted by Crippen LogP contribution is -2.37. The van der Waals surface area contributed by atoms with E-state index in [1.54, 1.807) is 12.2 Å². The van der Waals surface area contributed by atoms with Crippen LogP contribution < -0.4 is 5.32 Å². The highest BCUT2D eigenvalue weighted by Crippen LogP contribution is 2.18. The molecular formula is C48H96N2O6. The van der Waals surface area contributed by atoms with Gasteiger partial charge in [-0.2, -0.15) is 5.06 Å². The lowest BCUT2D eigenvalue weighted by molar-refractivity contribution is -0.211. The number of hydrogen-bond acceptors (Lipinski definition) is 7. The Labute approximate surface area is 348 Å². The third-order valence-corrected chi connectivity index (χ3v) is 11.3. The molecule has 0 radical (unpaired) electrons. The number of hydrogen-bond donors (Lipinski definition) is 1. The van der Waals surface area contributed by atoms with Crippen molar-refractivity contribution in [3.05, 3.63) is 0 Å². The lowest BCUT2D eigenvalue weighted by Gasteiger charge is -2.28. The maximum absolute atomic E-state index is 12.8. The smallest absolute Gasteiger partial charge is 0.407 e. The van der Waals surface area contributed by atoms with E-state index in [2.05, 4.69) is 19.2 Å². The molecule has 8 nitrogen and oxygen atoms in total. The molecule has 1 N–H and O–H groups in total. The van der Waals surface area contributed by atoms with E-state index in [1.807, 2.05) is 20.8 Å². The van der Waals surface area contributed by atoms with Gasteiger partial charge in [0.05, 0.1) is 12.7 Å². The maximum Gasteiger partial charge on any atom is 0.407 e. The molecule has 8 heteroatoms. The summed E-state index contributed by atoms with van der Waals surface area (Å²) in [5, 5.41) is 4.57. The molecule has 1 amide bonds. The fourth-order valence-corrected chi connectivity index (χ4v) is 7.26. The molecule has 56 heavy (non-hydrogen) atoms. The van der Waals surface area contributed by atoms with Crippen LogP contribution in [-0.4, -0.2) is 62.4 Å². The second kappa shape index (κ2) is 41.8. The third-order valence-electron chi connectivity index (χ3n) is 11.3. The average molecular weight is 797 g/mol. The summed E-state index contributed by atoms with van der Waals surface area (Å²) in [6, 6.07) is 0. The van der Waals surface area contributed by atoms with E-state index in [0.717, 1.165) is 38.6 Å². The van der Waals surface area contributed by atoms with Crippen LogP contribution >= 0.6 is 0 Å². The highest BCUT2D eigenvalue weighted by atomic mass is 16.7. The van der Waals surface area contributed by atoms with Gasteiger partial charge in [-0.25, -0.2) is 4.79 Å². The number of nitrogens with one attached hydrogen (secondary N) is 1. The highest BCUT2D eigenvalue weighted by molar-refractivity contribution is 5.69. The molecule has 0 aliphatic rings. The SMILES string of the molecule is CCCCCCCCCCCCCCCCCCC(COC(=O)NCCC(C)(C)OCN(CC)OC)OC(=O)CCCCCCCCCCCCCCCCC. The van der Waals surface area contributed by atoms with Crippen molar-refractivity contribution in [1.29, 1.82) is 0 Å². The Morgan fingerprint density at radius 2 is 0.964 bits per heavy atom. The highest BCUT2D eigenvalue weighted by Gasteiger charge is 2.21. The van der Waals surface area contributed by atoms with Crippen LogP contribution in [0.3, 0.4) is 0 Å². The summed E-state index contributed by atoms with van der Waals surface area (Å²) in [5.74, 6) is -0.165. The molecule has 0 rings (SSSR count). The number of nitrogens with zero attached hydrogens (tertiary/aromatic N) is 1. The van der Waals surface area contributed by atoms with Crippen molar-refractivity contribution >= 4 is 12.1 Å². The van der Waals surface area contributed by atoms with Crippen molar-refractivity contribution < 1.29 is 28.6 Å². The van der Waals surface area contributed by atoms with E-state index in [0.29, 0.717) is 26.1 Å². The van der Waals surface area contributed by atoms with Crippen molar-refractivity contribution in [3.63, 3.8) is 0 Å². The summed E-state index contributed by atoms with van der Waals surface area (Å²) in [6.07, 6.45) is 41.6. The Bertz CT molecular complexity index is 836. The summed E-state index contributed by atoms with van der Waals surface area (Å²) >= 11 is 0. The zero-order valence-corrected chi connectivity index (χ0v) is 38.3. The molecule has 0 aliphatic heterocycles. The first-order valence-corrected chi connectivity index (χ1v) is 24.3. The predicted octanol–water partition coefficient (Wildman–Crippen LogP) is 14.6. The van der Waals surface area contributed by atoms with E-state index >= 15 is 0 Å². The fourth-order valence-electron chi connectivity index (χ4n) is 7.26. The molecule has 1 atom stereocenters. The van der Waals surface area contributed by atoms with Gasteiger partial charge in [0.1, 0.15) is 19.4 Å². The predicted molar refractivity (Wildman–Crippen MR) is 237 cm³/mol. The van der Waals surface area contributed by atoms with Gasteiger partial charge >= 0.3 is 12.1 Å². The molecule has 0 bridgehead atoms. The Morgan fingerprint density at radius 1 is 0.571 bits per heavy atom. The van der Waals surface area contributed by atoms with Crippen LogP contribution in [0.2, 0.25) is 0 Å². The first kappa shape index (κ1) is 54.6. The average Bonchev–Trinajstić information content (AvgIpc) is 3.18. The van der Waals surface area contributed by atoms with Gasteiger partial charge in [0.25, 0.3) is 0 Å². The molecule has 1 unspecified atom stereocenters. The largest absolute Gasteiger partial charge is 0.459 e. The maximum atomic E-state index is 12.8. The summed E-state index contributed by atoms with van der Waals surface area (Å²) in [5.41, 5.74) is -0.433. The number of unbranched alkanes of at least 4 members (excludes halogenated alkanes) is 29. The van der Waals surface area contributed by atoms with Gasteiger partial charge < -0.3 is 24.4 Å². The minimum Gasteiger partial charge on any atom is -0.459 e. The van der Waals surface area contributed by atoms with Crippen LogP contribution in [0.4, 0.5) is 4.79 Å². The molecule has 0 aromatic rings. The van der Waals surface area contributed by atoms with Crippen molar-refractivity contribution in [2.45, 2.75) is 265 Å². The van der Waals surface area contributed by atoms with Crippen LogP contribution in [0.25, 0.3) is 0 Å². The Balaban J connectivity index is 4.35. The molecule has 0 fully saturated rings. The van der Waals surface area contributed by atoms with Gasteiger partial charge in [-0.3, -0.25) is 4.79 Å². The minimum absolute atomic E-state index is 0.0916. The number of ether oxygens (including phenoxy) is 3. The second-order valence-corrected chi connectivity index (χ2v) is 17.2. The molecule has 0 spiro atoms. The topological polar surface area (TPSA) is 86.3 Å². The van der Waals surface area contributed by atoms with E-state index in [1.165, 1.54) is 173 Å². The molecule has 334 valence electrons. The normalized spacial score (nSPS) is 12.3. The number of hydroxylamine groups is 2. The Morgan fingerprint density at radius 3 is 1.36 bits per heavy atom. The van der Waals surface area contributed by atoms with Gasteiger partial charge in [0, 0.05) is 19.5 Å². The summed E-state index contributed by atoms with van der Waals surface area (Å²) < 4.78 is 17.4. The van der Waals surface area contributed by atoms with E-state index < -0.39 is 17.8 Å². The number of carbonyl (C=O) groups excluding carboxylic acids is 2. The van der Waals surface area contributed by atoms with Crippen LogP contribution in [0, 0.1) is 0 Å². The standard InChI is InChI=1S/C48H96N2O6/c1-7-10-12-14-16-18-20-22-24-26-27-29-31-33-35-37-39-45(43-54-47(52)49-42-41-48(4,5)55-44-50(9-3)53-6)56-46(51)40-38-36-34-32-30-28-25-23-21-19-17-15-13-11-8-2/h45H,7-44H2,1-6H3,(H,49,52). The summed E-state index contributed by atoms with van der Waals surface area (Å²) in [6.45, 7) is 12.2. The molecule has 0 aliphatic carbocycles. The minimum atomic E-state index is -0.483. The molecule has 0 saturated carbocycles. The first-order valence-electron chi connectivity index (χ1n) is 24.3. The number of carbonyl (C=O) groups is 2. The first-order chi connectivity index (χ1) is 27.3. The number of amides is 1. The Kier molecular flexibility index (Phi) is 40.7. The van der Waals surface area contributed by atoms with Crippen molar-refractivity contribution in [2.75, 3.05) is 33.5 Å². The van der Waals surface area contributed by atoms with Gasteiger partial charge in [-0.05, 0) is 46.5 Å². The molecule has 0 aromatic carbocycles.